The van der Waals surface area contributed by atoms with E-state index < -0.39 is 34.6 Å². The number of carbonyl (C=O) groups excluding carboxylic acids is 2. The van der Waals surface area contributed by atoms with Crippen molar-refractivity contribution in [2.75, 3.05) is 6.61 Å². The van der Waals surface area contributed by atoms with E-state index in [2.05, 4.69) is 0 Å². The largest absolute Gasteiger partial charge is 0.508 e. The summed E-state index contributed by atoms with van der Waals surface area (Å²) in [6.45, 7) is 6.93. The molecule has 5 heteroatoms. The van der Waals surface area contributed by atoms with E-state index >= 15 is 0 Å². The van der Waals surface area contributed by atoms with Gasteiger partial charge in [0, 0.05) is 18.1 Å². The third-order valence-corrected chi connectivity index (χ3v) is 4.97. The van der Waals surface area contributed by atoms with Crippen LogP contribution in [0.4, 0.5) is 0 Å². The SMILES string of the molecule is C/C=C/C=C/C(O)=C1\C(=O)[C@]2(C)C(=O)[C@@](C)(O)[C@H]1CC2OCC. The van der Waals surface area contributed by atoms with Gasteiger partial charge in [-0.15, -0.1) is 0 Å². The van der Waals surface area contributed by atoms with Crippen molar-refractivity contribution in [1.82, 2.24) is 0 Å². The molecule has 0 aromatic heterocycles. The van der Waals surface area contributed by atoms with Crippen LogP contribution in [0, 0.1) is 11.3 Å². The number of carbonyl (C=O) groups is 2. The smallest absolute Gasteiger partial charge is 0.180 e. The van der Waals surface area contributed by atoms with Gasteiger partial charge < -0.3 is 14.9 Å². The summed E-state index contributed by atoms with van der Waals surface area (Å²) in [5.74, 6) is -1.95. The normalized spacial score (nSPS) is 39.7. The predicted molar refractivity (Wildman–Crippen MR) is 85.9 cm³/mol. The van der Waals surface area contributed by atoms with Gasteiger partial charge in [0.2, 0.25) is 0 Å². The van der Waals surface area contributed by atoms with Gasteiger partial charge in [0.25, 0.3) is 0 Å². The molecule has 3 saturated carbocycles. The Morgan fingerprint density at radius 3 is 2.57 bits per heavy atom. The lowest BCUT2D eigenvalue weighted by Crippen LogP contribution is -2.69. The monoisotopic (exact) mass is 320 g/mol. The minimum atomic E-state index is -1.69. The van der Waals surface area contributed by atoms with Gasteiger partial charge >= 0.3 is 0 Å². The average molecular weight is 320 g/mol. The molecule has 0 aromatic carbocycles. The first-order chi connectivity index (χ1) is 10.7. The van der Waals surface area contributed by atoms with Gasteiger partial charge in [-0.25, -0.2) is 0 Å². The number of allylic oxidation sites excluding steroid dienone is 4. The Morgan fingerprint density at radius 2 is 2.00 bits per heavy atom. The quantitative estimate of drug-likeness (QED) is 0.359. The minimum absolute atomic E-state index is 0.119. The molecule has 0 amide bonds. The van der Waals surface area contributed by atoms with Crippen molar-refractivity contribution >= 4 is 11.6 Å². The fourth-order valence-corrected chi connectivity index (χ4v) is 3.67. The van der Waals surface area contributed by atoms with Crippen LogP contribution < -0.4 is 0 Å². The number of hydrogen-bond acceptors (Lipinski definition) is 5. The maximum atomic E-state index is 12.9. The van der Waals surface area contributed by atoms with Crippen LogP contribution in [-0.4, -0.2) is 40.1 Å². The van der Waals surface area contributed by atoms with Crippen LogP contribution in [0.2, 0.25) is 0 Å². The molecule has 5 nitrogen and oxygen atoms in total. The second kappa shape index (κ2) is 6.06. The summed E-state index contributed by atoms with van der Waals surface area (Å²) >= 11 is 0. The van der Waals surface area contributed by atoms with Crippen LogP contribution >= 0.6 is 0 Å². The topological polar surface area (TPSA) is 83.8 Å². The highest BCUT2D eigenvalue weighted by Crippen LogP contribution is 2.54. The third-order valence-electron chi connectivity index (χ3n) is 4.97. The molecule has 2 N–H and O–H groups in total. The van der Waals surface area contributed by atoms with Crippen molar-refractivity contribution < 1.29 is 24.5 Å². The molecule has 23 heavy (non-hydrogen) atoms. The summed E-state index contributed by atoms with van der Waals surface area (Å²) < 4.78 is 5.59. The molecule has 3 aliphatic carbocycles. The van der Waals surface area contributed by atoms with Gasteiger partial charge in [-0.2, -0.15) is 0 Å². The van der Waals surface area contributed by atoms with E-state index in [9.17, 15) is 19.8 Å². The number of ketones is 2. The molecule has 0 radical (unpaired) electrons. The summed E-state index contributed by atoms with van der Waals surface area (Å²) in [7, 11) is 0. The first-order valence-corrected chi connectivity index (χ1v) is 7.89. The molecule has 0 aliphatic heterocycles. The molecule has 2 bridgehead atoms. The standard InChI is InChI=1S/C18H24O5/c1-5-7-8-9-12(19)14-11-10-13(23-6-2)17(3,15(14)20)16(21)18(11,4)22/h5,7-9,11,13,19,22H,6,10H2,1-4H3/b7-5+,9-8+,14-12+/t11-,13?,17+,18-/m0/s1. The molecule has 0 heterocycles. The summed E-state index contributed by atoms with van der Waals surface area (Å²) in [6.07, 6.45) is 6.27. The van der Waals surface area contributed by atoms with E-state index in [4.69, 9.17) is 4.74 Å². The third kappa shape index (κ3) is 2.48. The second-order valence-electron chi connectivity index (χ2n) is 6.42. The zero-order valence-corrected chi connectivity index (χ0v) is 14.0. The molecule has 3 fully saturated rings. The van der Waals surface area contributed by atoms with Gasteiger partial charge in [-0.05, 0) is 40.2 Å². The summed E-state index contributed by atoms with van der Waals surface area (Å²) in [5.41, 5.74) is -3.03. The second-order valence-corrected chi connectivity index (χ2v) is 6.42. The van der Waals surface area contributed by atoms with E-state index in [1.807, 2.05) is 6.92 Å². The predicted octanol–water partition coefficient (Wildman–Crippen LogP) is 2.26. The number of aliphatic hydroxyl groups is 2. The molecule has 126 valence electrons. The highest BCUT2D eigenvalue weighted by Gasteiger charge is 2.68. The van der Waals surface area contributed by atoms with Crippen molar-refractivity contribution in [2.24, 2.45) is 11.3 Å². The number of aliphatic hydroxyl groups excluding tert-OH is 1. The Labute approximate surface area is 136 Å². The van der Waals surface area contributed by atoms with Crippen LogP contribution in [0.5, 0.6) is 0 Å². The molecule has 0 aromatic rings. The maximum absolute atomic E-state index is 12.9. The summed E-state index contributed by atoms with van der Waals surface area (Å²) in [6, 6.07) is 0. The Morgan fingerprint density at radius 1 is 1.35 bits per heavy atom. The van der Waals surface area contributed by atoms with Crippen molar-refractivity contribution in [1.29, 1.82) is 0 Å². The van der Waals surface area contributed by atoms with Gasteiger partial charge in [0.1, 0.15) is 16.8 Å². The van der Waals surface area contributed by atoms with Gasteiger partial charge in [0.05, 0.1) is 6.10 Å². The first-order valence-electron chi connectivity index (χ1n) is 7.89. The number of rotatable bonds is 4. The zero-order chi connectivity index (χ0) is 17.4. The molecular weight excluding hydrogens is 296 g/mol. The fourth-order valence-electron chi connectivity index (χ4n) is 3.67. The number of Topliss-reactive ketones (excluding diaryl/α,β-unsaturated/α-hetero) is 2. The minimum Gasteiger partial charge on any atom is -0.508 e. The van der Waals surface area contributed by atoms with Crippen molar-refractivity contribution in [3.63, 3.8) is 0 Å². The van der Waals surface area contributed by atoms with Crippen LogP contribution in [0.3, 0.4) is 0 Å². The molecular formula is C18H24O5. The molecule has 1 unspecified atom stereocenters. The fraction of sp³-hybridized carbons (Fsp3) is 0.556. The average Bonchev–Trinajstić information content (AvgIpc) is 2.49. The van der Waals surface area contributed by atoms with E-state index in [1.54, 1.807) is 25.2 Å². The Bertz CT molecular complexity index is 611. The van der Waals surface area contributed by atoms with Gasteiger partial charge in [-0.3, -0.25) is 9.59 Å². The van der Waals surface area contributed by atoms with E-state index in [0.29, 0.717) is 13.0 Å². The van der Waals surface area contributed by atoms with Crippen LogP contribution in [0.1, 0.15) is 34.1 Å². The van der Waals surface area contributed by atoms with Crippen LogP contribution in [0.25, 0.3) is 0 Å². The summed E-state index contributed by atoms with van der Waals surface area (Å²) in [4.78, 5) is 25.6. The molecule has 0 saturated heterocycles. The summed E-state index contributed by atoms with van der Waals surface area (Å²) in [5, 5.41) is 21.0. The van der Waals surface area contributed by atoms with Gasteiger partial charge in [0.15, 0.2) is 11.6 Å². The molecule has 3 rings (SSSR count). The maximum Gasteiger partial charge on any atom is 0.180 e. The van der Waals surface area contributed by atoms with Crippen LogP contribution in [0.15, 0.2) is 35.6 Å². The Hall–Kier alpha value is -1.72. The Balaban J connectivity index is 2.57. The van der Waals surface area contributed by atoms with E-state index in [-0.39, 0.29) is 11.3 Å². The molecule has 3 aliphatic rings. The van der Waals surface area contributed by atoms with Crippen molar-refractivity contribution in [3.05, 3.63) is 35.6 Å². The lowest BCUT2D eigenvalue weighted by atomic mass is 9.50. The number of ether oxygens (including phenoxy) is 1. The number of fused-ring (bicyclic) bond motifs is 3. The number of hydrogen-bond donors (Lipinski definition) is 2. The highest BCUT2D eigenvalue weighted by atomic mass is 16.5. The van der Waals surface area contributed by atoms with Crippen molar-refractivity contribution in [3.8, 4) is 0 Å². The first kappa shape index (κ1) is 17.6. The lowest BCUT2D eigenvalue weighted by molar-refractivity contribution is -0.186. The van der Waals surface area contributed by atoms with E-state index in [0.717, 1.165) is 0 Å². The highest BCUT2D eigenvalue weighted by molar-refractivity contribution is 6.21. The van der Waals surface area contributed by atoms with Crippen LogP contribution in [-0.2, 0) is 14.3 Å². The lowest BCUT2D eigenvalue weighted by Gasteiger charge is -2.54. The molecule has 0 spiro atoms. The van der Waals surface area contributed by atoms with Gasteiger partial charge in [-0.1, -0.05) is 18.2 Å². The Kier molecular flexibility index (Phi) is 4.64. The molecule has 4 atom stereocenters. The van der Waals surface area contributed by atoms with E-state index in [1.165, 1.54) is 19.9 Å². The zero-order valence-electron chi connectivity index (χ0n) is 14.0. The van der Waals surface area contributed by atoms with Crippen molar-refractivity contribution in [2.45, 2.75) is 45.8 Å².